The second kappa shape index (κ2) is 6.47. The zero-order chi connectivity index (χ0) is 14.7. The van der Waals surface area contributed by atoms with Crippen LogP contribution in [0.15, 0.2) is 27.2 Å². The lowest BCUT2D eigenvalue weighted by Crippen LogP contribution is -2.20. The summed E-state index contributed by atoms with van der Waals surface area (Å²) in [5.41, 5.74) is 7.98. The molecule has 1 heterocycles. The highest BCUT2D eigenvalue weighted by Crippen LogP contribution is 2.25. The van der Waals surface area contributed by atoms with Crippen molar-refractivity contribution in [1.29, 1.82) is 0 Å². The highest BCUT2D eigenvalue weighted by Gasteiger charge is 2.16. The topological polar surface area (TPSA) is 74.2 Å². The Hall–Kier alpha value is -1.24. The molecule has 1 aromatic carbocycles. The van der Waals surface area contributed by atoms with Gasteiger partial charge in [-0.2, -0.15) is 4.98 Å². The van der Waals surface area contributed by atoms with E-state index in [-0.39, 0.29) is 12.1 Å². The number of rotatable bonds is 5. The molecule has 0 fully saturated rings. The molecule has 1 aromatic heterocycles. The van der Waals surface area contributed by atoms with Crippen LogP contribution >= 0.6 is 15.9 Å². The minimum absolute atomic E-state index is 0.125. The van der Waals surface area contributed by atoms with Gasteiger partial charge in [0.25, 0.3) is 5.89 Å². The van der Waals surface area contributed by atoms with E-state index in [9.17, 15) is 0 Å². The first-order valence-corrected chi connectivity index (χ1v) is 7.24. The van der Waals surface area contributed by atoms with Crippen LogP contribution in [0.25, 0.3) is 11.5 Å². The van der Waals surface area contributed by atoms with Gasteiger partial charge >= 0.3 is 0 Å². The monoisotopic (exact) mass is 339 g/mol. The second-order valence-corrected chi connectivity index (χ2v) is 5.76. The molecular weight excluding hydrogens is 322 g/mol. The summed E-state index contributed by atoms with van der Waals surface area (Å²) < 4.78 is 11.7. The van der Waals surface area contributed by atoms with E-state index in [1.165, 1.54) is 0 Å². The van der Waals surface area contributed by atoms with Gasteiger partial charge < -0.3 is 15.0 Å². The Morgan fingerprint density at radius 1 is 1.40 bits per heavy atom. The zero-order valence-corrected chi connectivity index (χ0v) is 13.3. The van der Waals surface area contributed by atoms with Crippen LogP contribution in [0.5, 0.6) is 0 Å². The summed E-state index contributed by atoms with van der Waals surface area (Å²) in [6, 6.07) is 5.49. The lowest BCUT2D eigenvalue weighted by Gasteiger charge is -2.10. The van der Waals surface area contributed by atoms with Crippen molar-refractivity contribution >= 4 is 15.9 Å². The number of nitrogens with zero attached hydrogens (tertiary/aromatic N) is 2. The molecule has 1 atom stereocenters. The van der Waals surface area contributed by atoms with Gasteiger partial charge in [-0.25, -0.2) is 0 Å². The maximum absolute atomic E-state index is 5.97. The Morgan fingerprint density at radius 2 is 2.15 bits per heavy atom. The normalized spacial score (nSPS) is 12.9. The molecule has 6 heteroatoms. The van der Waals surface area contributed by atoms with Crippen LogP contribution in [-0.2, 0) is 4.74 Å². The van der Waals surface area contributed by atoms with Crippen molar-refractivity contribution in [3.05, 3.63) is 34.1 Å². The fourth-order valence-electron chi connectivity index (χ4n) is 1.60. The number of hydrogen-bond donors (Lipinski definition) is 1. The van der Waals surface area contributed by atoms with Gasteiger partial charge in [-0.1, -0.05) is 27.2 Å². The Bertz CT molecular complexity index is 584. The van der Waals surface area contributed by atoms with Crippen molar-refractivity contribution in [3.63, 3.8) is 0 Å². The Balaban J connectivity index is 2.13. The molecule has 1 unspecified atom stereocenters. The van der Waals surface area contributed by atoms with Crippen molar-refractivity contribution in [1.82, 2.24) is 10.1 Å². The molecule has 0 bridgehead atoms. The van der Waals surface area contributed by atoms with Gasteiger partial charge in [-0.3, -0.25) is 0 Å². The summed E-state index contributed by atoms with van der Waals surface area (Å²) in [4.78, 5) is 4.33. The van der Waals surface area contributed by atoms with E-state index < -0.39 is 0 Å². The minimum atomic E-state index is -0.385. The minimum Gasteiger partial charge on any atom is -0.377 e. The molecule has 2 rings (SSSR count). The number of benzene rings is 1. The summed E-state index contributed by atoms with van der Waals surface area (Å²) >= 11 is 3.49. The Kier molecular flexibility index (Phi) is 4.91. The Labute approximate surface area is 126 Å². The van der Waals surface area contributed by atoms with Crippen LogP contribution in [0.1, 0.15) is 31.3 Å². The lowest BCUT2D eigenvalue weighted by atomic mass is 10.1. The van der Waals surface area contributed by atoms with Gasteiger partial charge in [0.2, 0.25) is 0 Å². The van der Waals surface area contributed by atoms with Crippen molar-refractivity contribution in [2.24, 2.45) is 5.73 Å². The van der Waals surface area contributed by atoms with Gasteiger partial charge in [0.05, 0.1) is 18.8 Å². The molecule has 0 amide bonds. The van der Waals surface area contributed by atoms with E-state index in [0.29, 0.717) is 18.3 Å². The number of aryl methyl sites for hydroxylation is 1. The molecule has 0 aliphatic rings. The first-order chi connectivity index (χ1) is 9.47. The average molecular weight is 340 g/mol. The van der Waals surface area contributed by atoms with Crippen molar-refractivity contribution in [3.8, 4) is 11.5 Å². The van der Waals surface area contributed by atoms with Crippen molar-refractivity contribution in [2.75, 3.05) is 6.61 Å². The predicted octanol–water partition coefficient (Wildman–Crippen LogP) is 3.23. The van der Waals surface area contributed by atoms with Gasteiger partial charge in [-0.05, 0) is 38.5 Å². The predicted molar refractivity (Wildman–Crippen MR) is 80.2 cm³/mol. The summed E-state index contributed by atoms with van der Waals surface area (Å²) in [6.45, 7) is 6.30. The molecule has 0 saturated heterocycles. The fraction of sp³-hybridized carbons (Fsp3) is 0.429. The Morgan fingerprint density at radius 3 is 2.80 bits per heavy atom. The quantitative estimate of drug-likeness (QED) is 0.904. The third-order valence-corrected chi connectivity index (χ3v) is 3.66. The molecule has 5 nitrogen and oxygen atoms in total. The van der Waals surface area contributed by atoms with Crippen LogP contribution in [0.4, 0.5) is 0 Å². The maximum Gasteiger partial charge on any atom is 0.258 e. The summed E-state index contributed by atoms with van der Waals surface area (Å²) in [5, 5.41) is 3.92. The van der Waals surface area contributed by atoms with Crippen LogP contribution < -0.4 is 5.73 Å². The third kappa shape index (κ3) is 3.65. The maximum atomic E-state index is 5.97. The van der Waals surface area contributed by atoms with E-state index in [0.717, 1.165) is 15.6 Å². The van der Waals surface area contributed by atoms with Crippen LogP contribution in [0.2, 0.25) is 0 Å². The summed E-state index contributed by atoms with van der Waals surface area (Å²) in [6.07, 6.45) is 0.125. The molecule has 0 aliphatic heterocycles. The largest absolute Gasteiger partial charge is 0.377 e. The van der Waals surface area contributed by atoms with E-state index in [1.807, 2.05) is 39.0 Å². The van der Waals surface area contributed by atoms with Crippen LogP contribution in [-0.4, -0.2) is 22.9 Å². The van der Waals surface area contributed by atoms with Crippen LogP contribution in [0.3, 0.4) is 0 Å². The van der Waals surface area contributed by atoms with Crippen molar-refractivity contribution in [2.45, 2.75) is 32.9 Å². The molecule has 0 spiro atoms. The lowest BCUT2D eigenvalue weighted by molar-refractivity contribution is 0.0665. The average Bonchev–Trinajstić information content (AvgIpc) is 2.89. The number of nitrogens with two attached hydrogens (primary N) is 1. The molecule has 20 heavy (non-hydrogen) atoms. The first-order valence-electron chi connectivity index (χ1n) is 6.44. The smallest absolute Gasteiger partial charge is 0.258 e. The number of hydrogen-bond acceptors (Lipinski definition) is 5. The molecule has 0 saturated carbocycles. The van der Waals surface area contributed by atoms with Gasteiger partial charge in [0.15, 0.2) is 5.82 Å². The summed E-state index contributed by atoms with van der Waals surface area (Å²) in [7, 11) is 0. The van der Waals surface area contributed by atoms with E-state index >= 15 is 0 Å². The highest BCUT2D eigenvalue weighted by molar-refractivity contribution is 9.10. The molecule has 2 aromatic rings. The fourth-order valence-corrected chi connectivity index (χ4v) is 1.98. The standard InChI is InChI=1S/C14H18BrN3O2/c1-8(2)19-7-12(16)13-17-14(20-18-13)10-5-4-9(3)11(15)6-10/h4-6,8,12H,7,16H2,1-3H3. The third-order valence-electron chi connectivity index (χ3n) is 2.80. The van der Waals surface area contributed by atoms with Crippen molar-refractivity contribution < 1.29 is 9.26 Å². The molecular formula is C14H18BrN3O2. The van der Waals surface area contributed by atoms with E-state index in [1.54, 1.807) is 0 Å². The van der Waals surface area contributed by atoms with Gasteiger partial charge in [0.1, 0.15) is 0 Å². The first kappa shape index (κ1) is 15.2. The van der Waals surface area contributed by atoms with Gasteiger partial charge in [0, 0.05) is 10.0 Å². The molecule has 108 valence electrons. The van der Waals surface area contributed by atoms with Gasteiger partial charge in [-0.15, -0.1) is 0 Å². The number of ether oxygens (including phenoxy) is 1. The number of aromatic nitrogens is 2. The second-order valence-electron chi connectivity index (χ2n) is 4.91. The van der Waals surface area contributed by atoms with E-state index in [4.69, 9.17) is 15.0 Å². The molecule has 2 N–H and O–H groups in total. The molecule has 0 radical (unpaired) electrons. The zero-order valence-electron chi connectivity index (χ0n) is 11.8. The SMILES string of the molecule is Cc1ccc(-c2nc(C(N)COC(C)C)no2)cc1Br. The van der Waals surface area contributed by atoms with E-state index in [2.05, 4.69) is 26.1 Å². The number of halogens is 1. The van der Waals surface area contributed by atoms with Crippen LogP contribution in [0, 0.1) is 6.92 Å². The summed E-state index contributed by atoms with van der Waals surface area (Å²) in [5.74, 6) is 0.915. The highest BCUT2D eigenvalue weighted by atomic mass is 79.9. The molecule has 0 aliphatic carbocycles.